The molecule has 100 valence electrons. The van der Waals surface area contributed by atoms with Crippen molar-refractivity contribution in [3.05, 3.63) is 0 Å². The Labute approximate surface area is 107 Å². The standard InChI is InChI=1S/C15H30N2/c1-2-16-10-5-3-4-6-11-17-12-14-8-7-9-15(14)13-17/h14-16H,2-13H2,1H3. The van der Waals surface area contributed by atoms with Crippen LogP contribution in [0.4, 0.5) is 0 Å². The van der Waals surface area contributed by atoms with E-state index in [2.05, 4.69) is 17.1 Å². The van der Waals surface area contributed by atoms with Crippen molar-refractivity contribution in [1.29, 1.82) is 0 Å². The van der Waals surface area contributed by atoms with Crippen molar-refractivity contribution in [2.75, 3.05) is 32.7 Å². The van der Waals surface area contributed by atoms with Crippen LogP contribution >= 0.6 is 0 Å². The molecule has 1 heterocycles. The Balaban J connectivity index is 1.44. The lowest BCUT2D eigenvalue weighted by Gasteiger charge is -2.16. The quantitative estimate of drug-likeness (QED) is 0.654. The Kier molecular flexibility index (Phi) is 5.79. The number of fused-ring (bicyclic) bond motifs is 1. The van der Waals surface area contributed by atoms with Gasteiger partial charge in [0, 0.05) is 13.1 Å². The second-order valence-electron chi connectivity index (χ2n) is 5.98. The summed E-state index contributed by atoms with van der Waals surface area (Å²) in [4.78, 5) is 2.73. The van der Waals surface area contributed by atoms with Gasteiger partial charge in [-0.2, -0.15) is 0 Å². The predicted molar refractivity (Wildman–Crippen MR) is 74.3 cm³/mol. The smallest absolute Gasteiger partial charge is 0.00129 e. The maximum absolute atomic E-state index is 3.40. The van der Waals surface area contributed by atoms with Gasteiger partial charge in [-0.1, -0.05) is 26.2 Å². The number of nitrogens with zero attached hydrogens (tertiary/aromatic N) is 1. The number of likely N-dealkylation sites (tertiary alicyclic amines) is 1. The van der Waals surface area contributed by atoms with E-state index in [9.17, 15) is 0 Å². The Morgan fingerprint density at radius 3 is 2.41 bits per heavy atom. The minimum absolute atomic E-state index is 1.07. The predicted octanol–water partition coefficient (Wildman–Crippen LogP) is 2.89. The van der Waals surface area contributed by atoms with Crippen LogP contribution in [0.15, 0.2) is 0 Å². The molecule has 2 atom stereocenters. The van der Waals surface area contributed by atoms with E-state index in [1.165, 1.54) is 71.1 Å². The highest BCUT2D eigenvalue weighted by Crippen LogP contribution is 2.37. The van der Waals surface area contributed by atoms with E-state index in [0.717, 1.165) is 18.4 Å². The largest absolute Gasteiger partial charge is 0.317 e. The Morgan fingerprint density at radius 2 is 1.71 bits per heavy atom. The van der Waals surface area contributed by atoms with Crippen LogP contribution in [0.5, 0.6) is 0 Å². The van der Waals surface area contributed by atoms with E-state index < -0.39 is 0 Å². The summed E-state index contributed by atoms with van der Waals surface area (Å²) in [5.41, 5.74) is 0. The lowest BCUT2D eigenvalue weighted by Crippen LogP contribution is -2.22. The molecule has 2 nitrogen and oxygen atoms in total. The van der Waals surface area contributed by atoms with Crippen LogP contribution in [0.3, 0.4) is 0 Å². The molecular formula is C15H30N2. The average Bonchev–Trinajstić information content (AvgIpc) is 2.88. The molecule has 1 aliphatic carbocycles. The molecule has 1 N–H and O–H groups in total. The van der Waals surface area contributed by atoms with Crippen LogP contribution in [-0.4, -0.2) is 37.6 Å². The van der Waals surface area contributed by atoms with Crippen molar-refractivity contribution in [3.63, 3.8) is 0 Å². The highest BCUT2D eigenvalue weighted by Gasteiger charge is 2.35. The van der Waals surface area contributed by atoms with Crippen LogP contribution in [0.2, 0.25) is 0 Å². The summed E-state index contributed by atoms with van der Waals surface area (Å²) in [6.07, 6.45) is 10.2. The fraction of sp³-hybridized carbons (Fsp3) is 1.00. The van der Waals surface area contributed by atoms with Crippen molar-refractivity contribution in [3.8, 4) is 0 Å². The molecule has 2 aliphatic rings. The number of rotatable bonds is 8. The molecule has 1 saturated carbocycles. The van der Waals surface area contributed by atoms with Crippen molar-refractivity contribution >= 4 is 0 Å². The summed E-state index contributed by atoms with van der Waals surface area (Å²) in [6, 6.07) is 0. The van der Waals surface area contributed by atoms with Gasteiger partial charge in [0.15, 0.2) is 0 Å². The number of unbranched alkanes of at least 4 members (excludes halogenated alkanes) is 3. The first-order valence-electron chi connectivity index (χ1n) is 7.83. The molecular weight excluding hydrogens is 208 g/mol. The van der Waals surface area contributed by atoms with Gasteiger partial charge in [0.2, 0.25) is 0 Å². The van der Waals surface area contributed by atoms with Gasteiger partial charge in [0.25, 0.3) is 0 Å². The number of nitrogens with one attached hydrogen (secondary N) is 1. The molecule has 2 rings (SSSR count). The van der Waals surface area contributed by atoms with E-state index in [1.54, 1.807) is 0 Å². The zero-order chi connectivity index (χ0) is 11.9. The second kappa shape index (κ2) is 7.38. The summed E-state index contributed by atoms with van der Waals surface area (Å²) < 4.78 is 0. The minimum atomic E-state index is 1.07. The summed E-state index contributed by atoms with van der Waals surface area (Å²) in [5, 5.41) is 3.40. The van der Waals surface area contributed by atoms with Crippen LogP contribution in [-0.2, 0) is 0 Å². The van der Waals surface area contributed by atoms with Crippen LogP contribution < -0.4 is 5.32 Å². The van der Waals surface area contributed by atoms with Gasteiger partial charge in [-0.25, -0.2) is 0 Å². The molecule has 17 heavy (non-hydrogen) atoms. The van der Waals surface area contributed by atoms with E-state index in [0.29, 0.717) is 0 Å². The zero-order valence-corrected chi connectivity index (χ0v) is 11.6. The molecule has 0 aromatic heterocycles. The first-order chi connectivity index (χ1) is 8.40. The van der Waals surface area contributed by atoms with Crippen LogP contribution in [0.25, 0.3) is 0 Å². The van der Waals surface area contributed by atoms with Gasteiger partial charge >= 0.3 is 0 Å². The van der Waals surface area contributed by atoms with Gasteiger partial charge in [0.05, 0.1) is 0 Å². The zero-order valence-electron chi connectivity index (χ0n) is 11.6. The molecule has 0 amide bonds. The minimum Gasteiger partial charge on any atom is -0.317 e. The third-order valence-corrected chi connectivity index (χ3v) is 4.63. The van der Waals surface area contributed by atoms with Crippen molar-refractivity contribution < 1.29 is 0 Å². The first kappa shape index (κ1) is 13.4. The van der Waals surface area contributed by atoms with Crippen LogP contribution in [0.1, 0.15) is 51.9 Å². The highest BCUT2D eigenvalue weighted by molar-refractivity contribution is 4.88. The highest BCUT2D eigenvalue weighted by atomic mass is 15.2. The Morgan fingerprint density at radius 1 is 1.00 bits per heavy atom. The summed E-state index contributed by atoms with van der Waals surface area (Å²) in [6.45, 7) is 8.73. The fourth-order valence-electron chi connectivity index (χ4n) is 3.63. The normalized spacial score (nSPS) is 28.8. The van der Waals surface area contributed by atoms with Gasteiger partial charge in [0.1, 0.15) is 0 Å². The second-order valence-corrected chi connectivity index (χ2v) is 5.98. The van der Waals surface area contributed by atoms with E-state index in [4.69, 9.17) is 0 Å². The monoisotopic (exact) mass is 238 g/mol. The van der Waals surface area contributed by atoms with Gasteiger partial charge < -0.3 is 10.2 Å². The third-order valence-electron chi connectivity index (χ3n) is 4.63. The SMILES string of the molecule is CCNCCCCCCN1CC2CCCC2C1. The molecule has 2 fully saturated rings. The van der Waals surface area contributed by atoms with Crippen molar-refractivity contribution in [1.82, 2.24) is 10.2 Å². The van der Waals surface area contributed by atoms with Crippen LogP contribution in [0, 0.1) is 11.8 Å². The lowest BCUT2D eigenvalue weighted by atomic mass is 10.0. The fourth-order valence-corrected chi connectivity index (χ4v) is 3.63. The number of hydrogen-bond acceptors (Lipinski definition) is 2. The van der Waals surface area contributed by atoms with Gasteiger partial charge in [-0.3, -0.25) is 0 Å². The Bertz CT molecular complexity index is 193. The molecule has 0 aromatic carbocycles. The molecule has 1 aliphatic heterocycles. The maximum atomic E-state index is 3.40. The van der Waals surface area contributed by atoms with E-state index in [-0.39, 0.29) is 0 Å². The van der Waals surface area contributed by atoms with Gasteiger partial charge in [-0.05, 0) is 57.2 Å². The molecule has 0 radical (unpaired) electrons. The topological polar surface area (TPSA) is 15.3 Å². The molecule has 1 saturated heterocycles. The van der Waals surface area contributed by atoms with Crippen molar-refractivity contribution in [2.24, 2.45) is 11.8 Å². The molecule has 0 spiro atoms. The molecule has 2 unspecified atom stereocenters. The number of hydrogen-bond donors (Lipinski definition) is 1. The molecule has 2 heteroatoms. The van der Waals surface area contributed by atoms with E-state index in [1.807, 2.05) is 0 Å². The molecule has 0 bridgehead atoms. The first-order valence-corrected chi connectivity index (χ1v) is 7.83. The third kappa shape index (κ3) is 4.26. The average molecular weight is 238 g/mol. The Hall–Kier alpha value is -0.0800. The molecule has 0 aromatic rings. The van der Waals surface area contributed by atoms with E-state index >= 15 is 0 Å². The summed E-state index contributed by atoms with van der Waals surface area (Å²) in [7, 11) is 0. The lowest BCUT2D eigenvalue weighted by molar-refractivity contribution is 0.302. The summed E-state index contributed by atoms with van der Waals surface area (Å²) >= 11 is 0. The maximum Gasteiger partial charge on any atom is 0.00129 e. The van der Waals surface area contributed by atoms with Gasteiger partial charge in [-0.15, -0.1) is 0 Å². The van der Waals surface area contributed by atoms with Crippen molar-refractivity contribution in [2.45, 2.75) is 51.9 Å². The summed E-state index contributed by atoms with van der Waals surface area (Å²) in [5.74, 6) is 2.15.